The number of halogens is 1. The Hall–Kier alpha value is -1.29. The summed E-state index contributed by atoms with van der Waals surface area (Å²) in [5.74, 6) is 1.32. The maximum atomic E-state index is 12.9. The van der Waals surface area contributed by atoms with Crippen LogP contribution in [-0.2, 0) is 29.7 Å². The molecular weight excluding hydrogens is 382 g/mol. The normalized spacial score (nSPS) is 15.7. The van der Waals surface area contributed by atoms with Crippen LogP contribution in [0.1, 0.15) is 22.8 Å². The van der Waals surface area contributed by atoms with Crippen molar-refractivity contribution < 1.29 is 8.42 Å². The van der Waals surface area contributed by atoms with Crippen molar-refractivity contribution in [3.05, 3.63) is 39.4 Å². The van der Waals surface area contributed by atoms with Crippen LogP contribution < -0.4 is 5.73 Å². The van der Waals surface area contributed by atoms with Crippen LogP contribution >= 0.6 is 15.9 Å². The molecule has 7 nitrogen and oxygen atoms in total. The Labute approximate surface area is 143 Å². The molecule has 23 heavy (non-hydrogen) atoms. The first-order chi connectivity index (χ1) is 10.8. The van der Waals surface area contributed by atoms with Crippen LogP contribution in [0.4, 0.5) is 0 Å². The SMILES string of the molecule is Cc1cc(S(=O)(=O)N2CCn3c(CN)nnc3C2)cc(C)c1Br. The van der Waals surface area contributed by atoms with Crippen LogP contribution in [0.15, 0.2) is 21.5 Å². The Morgan fingerprint density at radius 3 is 2.48 bits per heavy atom. The minimum absolute atomic E-state index is 0.212. The van der Waals surface area contributed by atoms with E-state index < -0.39 is 10.0 Å². The average Bonchev–Trinajstić information content (AvgIpc) is 2.94. The maximum Gasteiger partial charge on any atom is 0.243 e. The third-order valence-corrected chi connectivity index (χ3v) is 7.10. The smallest absolute Gasteiger partial charge is 0.243 e. The molecule has 0 radical (unpaired) electrons. The van der Waals surface area contributed by atoms with Crippen molar-refractivity contribution >= 4 is 26.0 Å². The molecule has 0 atom stereocenters. The van der Waals surface area contributed by atoms with Gasteiger partial charge in [0.15, 0.2) is 0 Å². The molecule has 3 rings (SSSR count). The van der Waals surface area contributed by atoms with Gasteiger partial charge in [-0.15, -0.1) is 10.2 Å². The van der Waals surface area contributed by atoms with E-state index in [9.17, 15) is 8.42 Å². The van der Waals surface area contributed by atoms with E-state index in [1.54, 1.807) is 12.1 Å². The molecule has 2 N–H and O–H groups in total. The molecule has 2 heterocycles. The Balaban J connectivity index is 1.95. The van der Waals surface area contributed by atoms with E-state index >= 15 is 0 Å². The highest BCUT2D eigenvalue weighted by Crippen LogP contribution is 2.28. The number of sulfonamides is 1. The molecule has 0 fully saturated rings. The summed E-state index contributed by atoms with van der Waals surface area (Å²) >= 11 is 3.47. The standard InChI is InChI=1S/C14H18BrN5O2S/c1-9-5-11(6-10(2)14(9)15)23(21,22)19-3-4-20-12(7-16)17-18-13(20)8-19/h5-6H,3-4,7-8,16H2,1-2H3. The van der Waals surface area contributed by atoms with Gasteiger partial charge in [0, 0.05) is 17.6 Å². The van der Waals surface area contributed by atoms with Gasteiger partial charge in [0.05, 0.1) is 18.0 Å². The van der Waals surface area contributed by atoms with E-state index in [1.165, 1.54) is 4.31 Å². The van der Waals surface area contributed by atoms with Crippen molar-refractivity contribution in [1.82, 2.24) is 19.1 Å². The van der Waals surface area contributed by atoms with Gasteiger partial charge < -0.3 is 10.3 Å². The molecule has 2 aromatic rings. The van der Waals surface area contributed by atoms with Gasteiger partial charge in [0.2, 0.25) is 10.0 Å². The second-order valence-corrected chi connectivity index (χ2v) is 8.33. The molecular formula is C14H18BrN5O2S. The molecule has 124 valence electrons. The number of benzene rings is 1. The zero-order chi connectivity index (χ0) is 16.8. The van der Waals surface area contributed by atoms with Crippen molar-refractivity contribution in [3.8, 4) is 0 Å². The van der Waals surface area contributed by atoms with E-state index in [-0.39, 0.29) is 6.54 Å². The molecule has 0 aliphatic carbocycles. The third-order valence-electron chi connectivity index (χ3n) is 4.03. The summed E-state index contributed by atoms with van der Waals surface area (Å²) in [4.78, 5) is 0.308. The molecule has 1 aliphatic heterocycles. The molecule has 0 saturated carbocycles. The zero-order valence-electron chi connectivity index (χ0n) is 13.0. The summed E-state index contributed by atoms with van der Waals surface area (Å²) in [7, 11) is -3.56. The van der Waals surface area contributed by atoms with E-state index in [2.05, 4.69) is 26.1 Å². The lowest BCUT2D eigenvalue weighted by atomic mass is 10.2. The van der Waals surface area contributed by atoms with Gasteiger partial charge in [0.1, 0.15) is 11.6 Å². The number of aryl methyl sites for hydroxylation is 2. The average molecular weight is 400 g/mol. The first kappa shape index (κ1) is 16.6. The molecule has 1 aliphatic rings. The number of nitrogens with two attached hydrogens (primary N) is 1. The summed E-state index contributed by atoms with van der Waals surface area (Å²) in [6.45, 7) is 5.18. The van der Waals surface area contributed by atoms with Crippen molar-refractivity contribution in [2.45, 2.75) is 38.4 Å². The summed E-state index contributed by atoms with van der Waals surface area (Å²) < 4.78 is 30.1. The molecule has 1 aromatic heterocycles. The topological polar surface area (TPSA) is 94.1 Å². The van der Waals surface area contributed by atoms with Gasteiger partial charge in [0.25, 0.3) is 0 Å². The summed E-state index contributed by atoms with van der Waals surface area (Å²) in [5, 5.41) is 8.06. The molecule has 0 unspecified atom stereocenters. The first-order valence-corrected chi connectivity index (χ1v) is 9.46. The van der Waals surface area contributed by atoms with E-state index in [1.807, 2.05) is 18.4 Å². The Kier molecular flexibility index (Phi) is 4.30. The molecule has 9 heteroatoms. The fourth-order valence-electron chi connectivity index (χ4n) is 2.76. The minimum atomic E-state index is -3.56. The zero-order valence-corrected chi connectivity index (χ0v) is 15.4. The van der Waals surface area contributed by atoms with E-state index in [4.69, 9.17) is 5.73 Å². The highest BCUT2D eigenvalue weighted by Gasteiger charge is 2.31. The predicted octanol–water partition coefficient (Wildman–Crippen LogP) is 1.32. The number of rotatable bonds is 3. The van der Waals surface area contributed by atoms with Crippen LogP contribution in [0.2, 0.25) is 0 Å². The predicted molar refractivity (Wildman–Crippen MR) is 89.1 cm³/mol. The van der Waals surface area contributed by atoms with E-state index in [0.717, 1.165) is 15.6 Å². The number of hydrogen-bond donors (Lipinski definition) is 1. The largest absolute Gasteiger partial charge is 0.324 e. The van der Waals surface area contributed by atoms with Gasteiger partial charge in [-0.25, -0.2) is 8.42 Å². The van der Waals surface area contributed by atoms with Crippen LogP contribution in [0.3, 0.4) is 0 Å². The second kappa shape index (κ2) is 5.97. The van der Waals surface area contributed by atoms with Crippen LogP contribution in [0, 0.1) is 13.8 Å². The monoisotopic (exact) mass is 399 g/mol. The van der Waals surface area contributed by atoms with Crippen molar-refractivity contribution in [1.29, 1.82) is 0 Å². The minimum Gasteiger partial charge on any atom is -0.324 e. The molecule has 0 spiro atoms. The van der Waals surface area contributed by atoms with Crippen molar-refractivity contribution in [3.63, 3.8) is 0 Å². The lowest BCUT2D eigenvalue weighted by Gasteiger charge is -2.27. The van der Waals surface area contributed by atoms with Gasteiger partial charge in [-0.1, -0.05) is 15.9 Å². The molecule has 0 saturated heterocycles. The lowest BCUT2D eigenvalue weighted by Crippen LogP contribution is -2.39. The van der Waals surface area contributed by atoms with Gasteiger partial charge in [-0.3, -0.25) is 0 Å². The number of fused-ring (bicyclic) bond motifs is 1. The Bertz CT molecular complexity index is 839. The number of aromatic nitrogens is 3. The quantitative estimate of drug-likeness (QED) is 0.839. The highest BCUT2D eigenvalue weighted by molar-refractivity contribution is 9.10. The fourth-order valence-corrected chi connectivity index (χ4v) is 4.54. The molecule has 0 amide bonds. The number of nitrogens with zero attached hydrogens (tertiary/aromatic N) is 4. The first-order valence-electron chi connectivity index (χ1n) is 7.22. The second-order valence-electron chi connectivity index (χ2n) is 5.60. The van der Waals surface area contributed by atoms with Crippen LogP contribution in [0.5, 0.6) is 0 Å². The Morgan fingerprint density at radius 2 is 1.87 bits per heavy atom. The maximum absolute atomic E-state index is 12.9. The van der Waals surface area contributed by atoms with Gasteiger partial charge in [-0.05, 0) is 37.1 Å². The molecule has 0 bridgehead atoms. The van der Waals surface area contributed by atoms with Crippen LogP contribution in [-0.4, -0.2) is 34.0 Å². The van der Waals surface area contributed by atoms with Crippen LogP contribution in [0.25, 0.3) is 0 Å². The van der Waals surface area contributed by atoms with Gasteiger partial charge >= 0.3 is 0 Å². The Morgan fingerprint density at radius 1 is 1.22 bits per heavy atom. The molecule has 1 aromatic carbocycles. The lowest BCUT2D eigenvalue weighted by molar-refractivity contribution is 0.332. The van der Waals surface area contributed by atoms with Crippen molar-refractivity contribution in [2.75, 3.05) is 6.54 Å². The highest BCUT2D eigenvalue weighted by atomic mass is 79.9. The summed E-state index contributed by atoms with van der Waals surface area (Å²) in [5.41, 5.74) is 7.41. The summed E-state index contributed by atoms with van der Waals surface area (Å²) in [6, 6.07) is 3.38. The summed E-state index contributed by atoms with van der Waals surface area (Å²) in [6.07, 6.45) is 0. The third kappa shape index (κ3) is 2.82. The fraction of sp³-hybridized carbons (Fsp3) is 0.429. The number of hydrogen-bond acceptors (Lipinski definition) is 5. The van der Waals surface area contributed by atoms with E-state index in [0.29, 0.717) is 36.2 Å². The van der Waals surface area contributed by atoms with Gasteiger partial charge in [-0.2, -0.15) is 4.31 Å². The van der Waals surface area contributed by atoms with Crippen molar-refractivity contribution in [2.24, 2.45) is 5.73 Å².